The predicted octanol–water partition coefficient (Wildman–Crippen LogP) is 3.45. The highest BCUT2D eigenvalue weighted by Crippen LogP contribution is 2.28. The second kappa shape index (κ2) is 5.21. The Morgan fingerprint density at radius 1 is 1.26 bits per heavy atom. The summed E-state index contributed by atoms with van der Waals surface area (Å²) in [7, 11) is 0. The molecule has 4 heteroatoms. The van der Waals surface area contributed by atoms with Gasteiger partial charge >= 0.3 is 0 Å². The van der Waals surface area contributed by atoms with Crippen molar-refractivity contribution in [1.29, 1.82) is 0 Å². The van der Waals surface area contributed by atoms with Crippen LogP contribution < -0.4 is 5.32 Å². The highest BCUT2D eigenvalue weighted by atomic mass is 79.9. The first-order chi connectivity index (χ1) is 8.94. The average molecular weight is 322 g/mol. The van der Waals surface area contributed by atoms with E-state index in [4.69, 9.17) is 0 Å². The van der Waals surface area contributed by atoms with Crippen LogP contribution in [0.4, 0.5) is 0 Å². The molecule has 19 heavy (non-hydrogen) atoms. The number of fused-ring (bicyclic) bond motifs is 1. The van der Waals surface area contributed by atoms with Crippen molar-refractivity contribution >= 4 is 32.6 Å². The lowest BCUT2D eigenvalue weighted by Crippen LogP contribution is -2.44. The first kappa shape index (κ1) is 13.9. The van der Waals surface area contributed by atoms with Gasteiger partial charge in [-0.25, -0.2) is 0 Å². The van der Waals surface area contributed by atoms with Gasteiger partial charge in [0.2, 0.25) is 0 Å². The van der Waals surface area contributed by atoms with Gasteiger partial charge in [-0.05, 0) is 25.3 Å². The summed E-state index contributed by atoms with van der Waals surface area (Å²) >= 11 is 3.35. The van der Waals surface area contributed by atoms with Crippen LogP contribution >= 0.6 is 15.9 Å². The number of benzene rings is 2. The van der Waals surface area contributed by atoms with Gasteiger partial charge in [0.1, 0.15) is 5.75 Å². The van der Waals surface area contributed by atoms with Gasteiger partial charge in [-0.2, -0.15) is 0 Å². The van der Waals surface area contributed by atoms with Gasteiger partial charge in [0.05, 0.1) is 5.56 Å². The van der Waals surface area contributed by atoms with Crippen molar-refractivity contribution in [3.8, 4) is 5.75 Å². The number of halogens is 1. The van der Waals surface area contributed by atoms with Crippen LogP contribution in [0.2, 0.25) is 0 Å². The standard InChI is InChI=1S/C15H16BrNO2/c1-15(2,9-16)17-14(19)12-8-7-10-5-3-4-6-11(10)13(12)18/h3-8,18H,9H2,1-2H3,(H,17,19). The molecule has 3 nitrogen and oxygen atoms in total. The Hall–Kier alpha value is -1.55. The Labute approximate surface area is 120 Å². The third-order valence-corrected chi connectivity index (χ3v) is 4.33. The molecule has 0 spiro atoms. The van der Waals surface area contributed by atoms with Gasteiger partial charge in [0.15, 0.2) is 0 Å². The SMILES string of the molecule is CC(C)(CBr)NC(=O)c1ccc2ccccc2c1O. The number of hydrogen-bond donors (Lipinski definition) is 2. The third-order valence-electron chi connectivity index (χ3n) is 2.93. The highest BCUT2D eigenvalue weighted by molar-refractivity contribution is 9.09. The van der Waals surface area contributed by atoms with E-state index in [1.165, 1.54) is 0 Å². The molecule has 0 saturated carbocycles. The van der Waals surface area contributed by atoms with Crippen LogP contribution in [0.3, 0.4) is 0 Å². The van der Waals surface area contributed by atoms with Gasteiger partial charge in [-0.15, -0.1) is 0 Å². The number of phenolic OH excluding ortho intramolecular Hbond substituents is 1. The molecule has 2 aromatic rings. The molecule has 0 unspecified atom stereocenters. The predicted molar refractivity (Wildman–Crippen MR) is 81.0 cm³/mol. The molecule has 2 rings (SSSR count). The number of aromatic hydroxyl groups is 1. The van der Waals surface area contributed by atoms with E-state index in [2.05, 4.69) is 21.2 Å². The lowest BCUT2D eigenvalue weighted by Gasteiger charge is -2.23. The smallest absolute Gasteiger partial charge is 0.255 e. The second-order valence-corrected chi connectivity index (χ2v) is 5.72. The van der Waals surface area contributed by atoms with Crippen LogP contribution in [0.1, 0.15) is 24.2 Å². The molecular weight excluding hydrogens is 306 g/mol. The van der Waals surface area contributed by atoms with E-state index in [1.807, 2.05) is 38.1 Å². The van der Waals surface area contributed by atoms with Gasteiger partial charge < -0.3 is 10.4 Å². The molecule has 0 saturated heterocycles. The van der Waals surface area contributed by atoms with Crippen LogP contribution in [-0.2, 0) is 0 Å². The summed E-state index contributed by atoms with van der Waals surface area (Å²) in [6, 6.07) is 10.9. The molecule has 2 N–H and O–H groups in total. The van der Waals surface area contributed by atoms with Crippen molar-refractivity contribution in [2.45, 2.75) is 19.4 Å². The zero-order valence-electron chi connectivity index (χ0n) is 10.9. The molecule has 2 aromatic carbocycles. The van der Waals surface area contributed by atoms with Crippen molar-refractivity contribution in [3.05, 3.63) is 42.0 Å². The minimum absolute atomic E-state index is 0.0287. The fourth-order valence-electron chi connectivity index (χ4n) is 1.85. The fraction of sp³-hybridized carbons (Fsp3) is 0.267. The van der Waals surface area contributed by atoms with Crippen LogP contribution in [0.25, 0.3) is 10.8 Å². The molecule has 0 aliphatic rings. The van der Waals surface area contributed by atoms with E-state index in [0.717, 1.165) is 5.39 Å². The Bertz CT molecular complexity index is 623. The Balaban J connectivity index is 2.41. The number of rotatable bonds is 3. The highest BCUT2D eigenvalue weighted by Gasteiger charge is 2.22. The largest absolute Gasteiger partial charge is 0.506 e. The van der Waals surface area contributed by atoms with Crippen LogP contribution in [0.5, 0.6) is 5.75 Å². The minimum atomic E-state index is -0.366. The summed E-state index contributed by atoms with van der Waals surface area (Å²) in [4.78, 5) is 12.2. The van der Waals surface area contributed by atoms with E-state index in [-0.39, 0.29) is 17.2 Å². The Kier molecular flexibility index (Phi) is 3.80. The molecule has 0 bridgehead atoms. The lowest BCUT2D eigenvalue weighted by molar-refractivity contribution is 0.0919. The zero-order valence-corrected chi connectivity index (χ0v) is 12.5. The van der Waals surface area contributed by atoms with Crippen molar-refractivity contribution in [3.63, 3.8) is 0 Å². The Morgan fingerprint density at radius 3 is 2.63 bits per heavy atom. The van der Waals surface area contributed by atoms with E-state index in [1.54, 1.807) is 12.1 Å². The van der Waals surface area contributed by atoms with Gasteiger partial charge in [-0.3, -0.25) is 4.79 Å². The maximum absolute atomic E-state index is 12.2. The quantitative estimate of drug-likeness (QED) is 0.851. The molecule has 0 radical (unpaired) electrons. The van der Waals surface area contributed by atoms with Crippen molar-refractivity contribution in [2.75, 3.05) is 5.33 Å². The number of carbonyl (C=O) groups is 1. The maximum atomic E-state index is 12.2. The summed E-state index contributed by atoms with van der Waals surface area (Å²) in [6.45, 7) is 3.83. The molecular formula is C15H16BrNO2. The van der Waals surface area contributed by atoms with E-state index < -0.39 is 0 Å². The van der Waals surface area contributed by atoms with Crippen molar-refractivity contribution < 1.29 is 9.90 Å². The normalized spacial score (nSPS) is 11.5. The van der Waals surface area contributed by atoms with Gasteiger partial charge in [0.25, 0.3) is 5.91 Å². The fourth-order valence-corrected chi connectivity index (χ4v) is 1.99. The number of hydrogen-bond acceptors (Lipinski definition) is 2. The van der Waals surface area contributed by atoms with Crippen LogP contribution in [-0.4, -0.2) is 21.9 Å². The summed E-state index contributed by atoms with van der Waals surface area (Å²) in [5.41, 5.74) is -0.0671. The summed E-state index contributed by atoms with van der Waals surface area (Å²) in [5.74, 6) is -0.242. The number of carbonyl (C=O) groups excluding carboxylic acids is 1. The molecule has 100 valence electrons. The molecule has 0 aliphatic carbocycles. The minimum Gasteiger partial charge on any atom is -0.506 e. The van der Waals surface area contributed by atoms with E-state index in [0.29, 0.717) is 16.3 Å². The number of phenols is 1. The molecule has 1 amide bonds. The number of nitrogens with one attached hydrogen (secondary N) is 1. The molecule has 0 atom stereocenters. The second-order valence-electron chi connectivity index (χ2n) is 5.15. The first-order valence-electron chi connectivity index (χ1n) is 6.04. The third kappa shape index (κ3) is 2.89. The summed E-state index contributed by atoms with van der Waals surface area (Å²) in [6.07, 6.45) is 0. The average Bonchev–Trinajstić information content (AvgIpc) is 2.39. The maximum Gasteiger partial charge on any atom is 0.255 e. The van der Waals surface area contributed by atoms with Crippen LogP contribution in [0.15, 0.2) is 36.4 Å². The summed E-state index contributed by atoms with van der Waals surface area (Å²) < 4.78 is 0. The molecule has 0 aromatic heterocycles. The first-order valence-corrected chi connectivity index (χ1v) is 7.16. The van der Waals surface area contributed by atoms with Crippen LogP contribution in [0, 0.1) is 0 Å². The zero-order chi connectivity index (χ0) is 14.0. The number of alkyl halides is 1. The lowest BCUT2D eigenvalue weighted by atomic mass is 10.0. The molecule has 0 fully saturated rings. The number of amides is 1. The van der Waals surface area contributed by atoms with Crippen molar-refractivity contribution in [2.24, 2.45) is 0 Å². The van der Waals surface area contributed by atoms with E-state index >= 15 is 0 Å². The molecule has 0 aliphatic heterocycles. The van der Waals surface area contributed by atoms with Gasteiger partial charge in [0, 0.05) is 16.3 Å². The Morgan fingerprint density at radius 2 is 1.95 bits per heavy atom. The van der Waals surface area contributed by atoms with E-state index in [9.17, 15) is 9.90 Å². The monoisotopic (exact) mass is 321 g/mol. The topological polar surface area (TPSA) is 49.3 Å². The van der Waals surface area contributed by atoms with Gasteiger partial charge in [-0.1, -0.05) is 46.3 Å². The molecule has 0 heterocycles. The summed E-state index contributed by atoms with van der Waals surface area (Å²) in [5, 5.41) is 15.3. The van der Waals surface area contributed by atoms with Crippen molar-refractivity contribution in [1.82, 2.24) is 5.32 Å².